The molecule has 0 radical (unpaired) electrons. The van der Waals surface area contributed by atoms with Crippen molar-refractivity contribution in [2.24, 2.45) is 5.92 Å². The molecule has 2 amide bonds. The lowest BCUT2D eigenvalue weighted by molar-refractivity contribution is -0.138. The summed E-state index contributed by atoms with van der Waals surface area (Å²) in [7, 11) is 0. The van der Waals surface area contributed by atoms with Crippen LogP contribution in [-0.2, 0) is 9.59 Å². The van der Waals surface area contributed by atoms with Gasteiger partial charge in [-0.25, -0.2) is 0 Å². The van der Waals surface area contributed by atoms with Crippen LogP contribution in [0.3, 0.4) is 0 Å². The summed E-state index contributed by atoms with van der Waals surface area (Å²) in [4.78, 5) is 24.7. The normalized spacial score (nSPS) is 18.7. The largest absolute Gasteiger partial charge is 0.275 e. The van der Waals surface area contributed by atoms with E-state index in [4.69, 9.17) is 0 Å². The molecule has 15 heavy (non-hydrogen) atoms. The molecule has 1 aliphatic rings. The molecule has 0 N–H and O–H groups in total. The molecule has 1 aliphatic heterocycles. The van der Waals surface area contributed by atoms with E-state index in [1.165, 1.54) is 4.90 Å². The second-order valence-corrected chi connectivity index (χ2v) is 4.10. The average Bonchev–Trinajstić information content (AvgIpc) is 2.36. The molecule has 0 aromatic heterocycles. The van der Waals surface area contributed by atoms with Gasteiger partial charge in [-0.3, -0.25) is 14.5 Å². The van der Waals surface area contributed by atoms with Gasteiger partial charge in [0.1, 0.15) is 0 Å². The first-order valence-electron chi connectivity index (χ1n) is 5.13. The second-order valence-electron chi connectivity index (χ2n) is 4.10. The summed E-state index contributed by atoms with van der Waals surface area (Å²) >= 11 is 0. The molecule has 0 spiro atoms. The summed E-state index contributed by atoms with van der Waals surface area (Å²) in [5.41, 5.74) is 1.15. The Bertz CT molecular complexity index is 318. The van der Waals surface area contributed by atoms with Gasteiger partial charge in [0.15, 0.2) is 0 Å². The molecule has 1 atom stereocenters. The van der Waals surface area contributed by atoms with Crippen LogP contribution in [0.5, 0.6) is 0 Å². The van der Waals surface area contributed by atoms with Gasteiger partial charge in [-0.05, 0) is 26.2 Å². The van der Waals surface area contributed by atoms with Crippen molar-refractivity contribution in [3.05, 3.63) is 23.8 Å². The number of allylic oxidation sites excluding steroid dienone is 1. The van der Waals surface area contributed by atoms with Crippen molar-refractivity contribution in [3.8, 4) is 0 Å². The van der Waals surface area contributed by atoms with Crippen LogP contribution in [0, 0.1) is 5.92 Å². The first-order chi connectivity index (χ1) is 6.99. The van der Waals surface area contributed by atoms with E-state index in [1.807, 2.05) is 13.0 Å². The maximum absolute atomic E-state index is 11.7. The Morgan fingerprint density at radius 2 is 1.73 bits per heavy atom. The highest BCUT2D eigenvalue weighted by molar-refractivity contribution is 6.18. The lowest BCUT2D eigenvalue weighted by Gasteiger charge is -2.18. The minimum absolute atomic E-state index is 0.145. The predicted octanol–water partition coefficient (Wildman–Crippen LogP) is 1.90. The third kappa shape index (κ3) is 2.17. The van der Waals surface area contributed by atoms with Gasteiger partial charge in [-0.1, -0.05) is 13.0 Å². The van der Waals surface area contributed by atoms with Gasteiger partial charge in [0, 0.05) is 17.7 Å². The van der Waals surface area contributed by atoms with Gasteiger partial charge in [0.05, 0.1) is 0 Å². The van der Waals surface area contributed by atoms with Crippen LogP contribution < -0.4 is 0 Å². The predicted molar refractivity (Wildman–Crippen MR) is 59.1 cm³/mol. The van der Waals surface area contributed by atoms with Crippen molar-refractivity contribution < 1.29 is 9.59 Å². The Morgan fingerprint density at radius 1 is 1.27 bits per heavy atom. The zero-order chi connectivity index (χ0) is 11.6. The highest BCUT2D eigenvalue weighted by Gasteiger charge is 2.33. The molecule has 1 rings (SSSR count). The van der Waals surface area contributed by atoms with E-state index in [2.05, 4.69) is 6.58 Å². The van der Waals surface area contributed by atoms with E-state index in [1.54, 1.807) is 13.8 Å². The zero-order valence-electron chi connectivity index (χ0n) is 9.54. The van der Waals surface area contributed by atoms with Crippen molar-refractivity contribution in [3.63, 3.8) is 0 Å². The van der Waals surface area contributed by atoms with Crippen LogP contribution >= 0.6 is 0 Å². The maximum atomic E-state index is 11.7. The van der Waals surface area contributed by atoms with Crippen LogP contribution in [0.2, 0.25) is 0 Å². The summed E-state index contributed by atoms with van der Waals surface area (Å²) in [6.07, 6.45) is 2.62. The fraction of sp³-hybridized carbons (Fsp3) is 0.500. The van der Waals surface area contributed by atoms with Gasteiger partial charge in [0.2, 0.25) is 0 Å². The minimum atomic E-state index is -0.145. The summed E-state index contributed by atoms with van der Waals surface area (Å²) in [5, 5.41) is 0. The van der Waals surface area contributed by atoms with E-state index >= 15 is 0 Å². The van der Waals surface area contributed by atoms with E-state index in [9.17, 15) is 9.59 Å². The SMILES string of the molecule is C=CCC(C)CN1C(=O)C(C)=C(C)C1=O. The number of hydrogen-bond acceptors (Lipinski definition) is 2. The number of amides is 2. The van der Waals surface area contributed by atoms with Gasteiger partial charge < -0.3 is 0 Å². The molecule has 3 nitrogen and oxygen atoms in total. The molecule has 3 heteroatoms. The molecular weight excluding hydrogens is 190 g/mol. The van der Waals surface area contributed by atoms with Gasteiger partial charge in [-0.15, -0.1) is 6.58 Å². The fourth-order valence-electron chi connectivity index (χ4n) is 1.65. The van der Waals surface area contributed by atoms with Crippen molar-refractivity contribution in [1.82, 2.24) is 4.90 Å². The molecule has 0 saturated carbocycles. The van der Waals surface area contributed by atoms with Crippen molar-refractivity contribution in [2.45, 2.75) is 27.2 Å². The maximum Gasteiger partial charge on any atom is 0.256 e. The van der Waals surface area contributed by atoms with Crippen molar-refractivity contribution >= 4 is 11.8 Å². The first kappa shape index (κ1) is 11.7. The molecule has 0 saturated heterocycles. The fourth-order valence-corrected chi connectivity index (χ4v) is 1.65. The molecule has 0 aromatic rings. The number of imide groups is 1. The molecule has 82 valence electrons. The van der Waals surface area contributed by atoms with Crippen molar-refractivity contribution in [2.75, 3.05) is 6.54 Å². The van der Waals surface area contributed by atoms with Crippen molar-refractivity contribution in [1.29, 1.82) is 0 Å². The third-order valence-corrected chi connectivity index (χ3v) is 2.76. The van der Waals surface area contributed by atoms with E-state index in [0.29, 0.717) is 17.7 Å². The summed E-state index contributed by atoms with van der Waals surface area (Å²) in [6, 6.07) is 0. The quantitative estimate of drug-likeness (QED) is 0.521. The number of carbonyl (C=O) groups excluding carboxylic acids is 2. The Kier molecular flexibility index (Phi) is 3.45. The van der Waals surface area contributed by atoms with E-state index in [0.717, 1.165) is 6.42 Å². The smallest absolute Gasteiger partial charge is 0.256 e. The first-order valence-corrected chi connectivity index (χ1v) is 5.13. The van der Waals surface area contributed by atoms with Gasteiger partial charge >= 0.3 is 0 Å². The molecule has 0 aliphatic carbocycles. The topological polar surface area (TPSA) is 37.4 Å². The van der Waals surface area contributed by atoms with Crippen LogP contribution in [0.15, 0.2) is 23.8 Å². The average molecular weight is 207 g/mol. The molecular formula is C12H17NO2. The zero-order valence-corrected chi connectivity index (χ0v) is 9.54. The van der Waals surface area contributed by atoms with Crippen LogP contribution in [0.1, 0.15) is 27.2 Å². The van der Waals surface area contributed by atoms with E-state index in [-0.39, 0.29) is 17.7 Å². The number of nitrogens with zero attached hydrogens (tertiary/aromatic N) is 1. The highest BCUT2D eigenvalue weighted by Crippen LogP contribution is 2.21. The van der Waals surface area contributed by atoms with Crippen LogP contribution in [-0.4, -0.2) is 23.3 Å². The summed E-state index contributed by atoms with van der Waals surface area (Å²) < 4.78 is 0. The summed E-state index contributed by atoms with van der Waals surface area (Å²) in [6.45, 7) is 9.54. The van der Waals surface area contributed by atoms with Crippen LogP contribution in [0.25, 0.3) is 0 Å². The lowest BCUT2D eigenvalue weighted by Crippen LogP contribution is -2.35. The lowest BCUT2D eigenvalue weighted by atomic mass is 10.1. The second kappa shape index (κ2) is 4.43. The standard InChI is InChI=1S/C12H17NO2/c1-5-6-8(2)7-13-11(14)9(3)10(4)12(13)15/h5,8H,1,6-7H2,2-4H3. The molecule has 0 bridgehead atoms. The van der Waals surface area contributed by atoms with E-state index < -0.39 is 0 Å². The number of rotatable bonds is 4. The Labute approximate surface area is 90.5 Å². The highest BCUT2D eigenvalue weighted by atomic mass is 16.2. The molecule has 0 fully saturated rings. The Hall–Kier alpha value is -1.38. The monoisotopic (exact) mass is 207 g/mol. The molecule has 0 aromatic carbocycles. The molecule has 1 unspecified atom stereocenters. The Morgan fingerprint density at radius 3 is 2.13 bits per heavy atom. The Balaban J connectivity index is 2.71. The van der Waals surface area contributed by atoms with Gasteiger partial charge in [0.25, 0.3) is 11.8 Å². The number of hydrogen-bond donors (Lipinski definition) is 0. The minimum Gasteiger partial charge on any atom is -0.275 e. The summed E-state index contributed by atoms with van der Waals surface area (Å²) in [5.74, 6) is -0.0177. The third-order valence-electron chi connectivity index (χ3n) is 2.76. The molecule has 1 heterocycles. The number of carbonyl (C=O) groups is 2. The van der Waals surface area contributed by atoms with Crippen LogP contribution in [0.4, 0.5) is 0 Å². The van der Waals surface area contributed by atoms with Gasteiger partial charge in [-0.2, -0.15) is 0 Å².